The molecule has 12 nitrogen and oxygen atoms in total. The van der Waals surface area contributed by atoms with Gasteiger partial charge in [0.2, 0.25) is 20.0 Å². The molecular weight excluding hydrogens is 815 g/mol. The first-order valence-corrected chi connectivity index (χ1v) is 19.4. The van der Waals surface area contributed by atoms with Gasteiger partial charge in [0, 0.05) is 52.4 Å². The molecule has 0 spiro atoms. The second-order valence-electron chi connectivity index (χ2n) is 12.5. The molecule has 3 aromatic carbocycles. The Hall–Kier alpha value is -4.35. The fourth-order valence-corrected chi connectivity index (χ4v) is 8.19. The van der Waals surface area contributed by atoms with E-state index in [9.17, 15) is 65.9 Å². The predicted molar refractivity (Wildman–Crippen MR) is 180 cm³/mol. The topological polar surface area (TPSA) is 134 Å². The van der Waals surface area contributed by atoms with Crippen LogP contribution in [0.25, 0.3) is 10.8 Å². The van der Waals surface area contributed by atoms with Gasteiger partial charge in [-0.25, -0.2) is 26.4 Å². The lowest BCUT2D eigenvalue weighted by Gasteiger charge is -2.34. The van der Waals surface area contributed by atoms with E-state index in [4.69, 9.17) is 0 Å². The van der Waals surface area contributed by atoms with E-state index in [0.717, 1.165) is 50.0 Å². The second kappa shape index (κ2) is 17.0. The Bertz CT molecular complexity index is 2080. The summed E-state index contributed by atoms with van der Waals surface area (Å²) in [5.41, 5.74) is -1.13. The van der Waals surface area contributed by atoms with Crippen molar-refractivity contribution < 1.29 is 75.4 Å². The SMILES string of the molecule is CC(OC(=O)N1CCN(S(=O)(=O)c2ccc3ccccc3c2)CC1)C(F)(F)F.CC(OC(=O)N1CCN(S(=O)(=O)c2cccc(C(F)(F)F)c2)CC1)C(F)(F)F. The van der Waals surface area contributed by atoms with E-state index in [0.29, 0.717) is 13.0 Å². The predicted octanol–water partition coefficient (Wildman–Crippen LogP) is 6.33. The third-order valence-corrected chi connectivity index (χ3v) is 12.4. The molecule has 56 heavy (non-hydrogen) atoms. The molecule has 3 aromatic rings. The average Bonchev–Trinajstić information content (AvgIpc) is 3.13. The molecule has 0 radical (unpaired) electrons. The van der Waals surface area contributed by atoms with Crippen LogP contribution in [0.15, 0.2) is 76.5 Å². The maximum absolute atomic E-state index is 12.9. The zero-order valence-electron chi connectivity index (χ0n) is 29.4. The first-order chi connectivity index (χ1) is 25.8. The number of carbonyl (C=O) groups excluding carboxylic acids is 2. The van der Waals surface area contributed by atoms with E-state index in [1.807, 2.05) is 24.3 Å². The number of alkyl halides is 9. The van der Waals surface area contributed by atoms with Gasteiger partial charge in [-0.1, -0.05) is 36.4 Å². The van der Waals surface area contributed by atoms with Gasteiger partial charge in [0.1, 0.15) is 0 Å². The summed E-state index contributed by atoms with van der Waals surface area (Å²) in [5.74, 6) is 0. The van der Waals surface area contributed by atoms with Crippen molar-refractivity contribution in [1.29, 1.82) is 0 Å². The van der Waals surface area contributed by atoms with Crippen molar-refractivity contribution in [3.63, 3.8) is 0 Å². The van der Waals surface area contributed by atoms with Crippen molar-refractivity contribution in [3.05, 3.63) is 72.3 Å². The summed E-state index contributed by atoms with van der Waals surface area (Å²) in [6.07, 6.45) is -21.0. The van der Waals surface area contributed by atoms with Gasteiger partial charge in [-0.2, -0.15) is 48.1 Å². The number of rotatable bonds is 6. The van der Waals surface area contributed by atoms with E-state index in [1.165, 1.54) is 10.4 Å². The second-order valence-corrected chi connectivity index (χ2v) is 16.3. The Balaban J connectivity index is 0.000000249. The Morgan fingerprint density at radius 3 is 1.38 bits per heavy atom. The number of hydrogen-bond acceptors (Lipinski definition) is 8. The fraction of sp³-hybridized carbons (Fsp3) is 0.455. The van der Waals surface area contributed by atoms with Gasteiger partial charge in [0.25, 0.3) is 0 Å². The Labute approximate surface area is 315 Å². The summed E-state index contributed by atoms with van der Waals surface area (Å²) in [7, 11) is -8.04. The van der Waals surface area contributed by atoms with Gasteiger partial charge < -0.3 is 19.3 Å². The number of piperazine rings is 2. The molecule has 2 heterocycles. The van der Waals surface area contributed by atoms with Crippen LogP contribution in [0.1, 0.15) is 19.4 Å². The molecule has 0 aliphatic carbocycles. The highest BCUT2D eigenvalue weighted by molar-refractivity contribution is 7.89. The number of sulfonamides is 2. The molecule has 2 fully saturated rings. The van der Waals surface area contributed by atoms with Crippen molar-refractivity contribution in [2.45, 2.75) is 54.4 Å². The Morgan fingerprint density at radius 1 is 0.554 bits per heavy atom. The maximum Gasteiger partial charge on any atom is 0.425 e. The highest BCUT2D eigenvalue weighted by Gasteiger charge is 2.42. The van der Waals surface area contributed by atoms with Crippen LogP contribution in [-0.2, 0) is 35.7 Å². The summed E-state index contributed by atoms with van der Waals surface area (Å²) >= 11 is 0. The number of ether oxygens (including phenoxy) is 2. The largest absolute Gasteiger partial charge is 0.437 e. The van der Waals surface area contributed by atoms with Gasteiger partial charge in [-0.15, -0.1) is 0 Å². The lowest BCUT2D eigenvalue weighted by Crippen LogP contribution is -2.51. The van der Waals surface area contributed by atoms with Crippen molar-refractivity contribution in [2.75, 3.05) is 52.4 Å². The maximum atomic E-state index is 12.9. The van der Waals surface area contributed by atoms with Crippen LogP contribution in [0.4, 0.5) is 49.1 Å². The zero-order chi connectivity index (χ0) is 41.9. The molecular formula is C33H35F9N4O8S2. The minimum Gasteiger partial charge on any atom is -0.437 e. The fourth-order valence-electron chi connectivity index (χ4n) is 5.27. The van der Waals surface area contributed by atoms with Crippen LogP contribution in [0, 0.1) is 0 Å². The first-order valence-electron chi connectivity index (χ1n) is 16.5. The summed E-state index contributed by atoms with van der Waals surface area (Å²) in [4.78, 5) is 25.2. The van der Waals surface area contributed by atoms with Crippen LogP contribution < -0.4 is 0 Å². The monoisotopic (exact) mass is 850 g/mol. The summed E-state index contributed by atoms with van der Waals surface area (Å²) in [6, 6.07) is 15.4. The third-order valence-electron chi connectivity index (χ3n) is 8.63. The minimum absolute atomic E-state index is 0.0232. The number of nitrogens with zero attached hydrogens (tertiary/aromatic N) is 4. The molecule has 0 bridgehead atoms. The quantitative estimate of drug-likeness (QED) is 0.263. The smallest absolute Gasteiger partial charge is 0.425 e. The highest BCUT2D eigenvalue weighted by Crippen LogP contribution is 2.32. The van der Waals surface area contributed by atoms with Gasteiger partial charge in [0.05, 0.1) is 15.4 Å². The highest BCUT2D eigenvalue weighted by atomic mass is 32.2. The van der Waals surface area contributed by atoms with Crippen LogP contribution in [-0.4, -0.2) is 124 Å². The molecule has 2 aliphatic heterocycles. The summed E-state index contributed by atoms with van der Waals surface area (Å²) in [6.45, 7) is 0.150. The van der Waals surface area contributed by atoms with Crippen LogP contribution >= 0.6 is 0 Å². The standard InChI is InChI=1S/C18H19F3N2O4S.C15H16F6N2O4S/c1-13(18(19,20)21)27-17(24)22-8-10-23(11-9-22)28(25,26)16-7-6-14-4-2-3-5-15(14)12-16;1-10(14(16,17)18)27-13(24)22-5-7-23(8-6-22)28(25,26)12-4-2-3-11(9-12)15(19,20)21/h2-7,12-13H,8-11H2,1H3;2-4,9-10H,5-8H2,1H3. The van der Waals surface area contributed by atoms with Crippen molar-refractivity contribution >= 4 is 43.0 Å². The molecule has 0 aromatic heterocycles. The van der Waals surface area contributed by atoms with Gasteiger partial charge in [0.15, 0.2) is 12.2 Å². The van der Waals surface area contributed by atoms with E-state index < -0.39 is 73.4 Å². The van der Waals surface area contributed by atoms with E-state index in [1.54, 1.807) is 12.1 Å². The third kappa shape index (κ3) is 10.9. The van der Waals surface area contributed by atoms with Crippen LogP contribution in [0.5, 0.6) is 0 Å². The average molecular weight is 851 g/mol. The van der Waals surface area contributed by atoms with E-state index in [-0.39, 0.29) is 57.3 Å². The van der Waals surface area contributed by atoms with Crippen molar-refractivity contribution in [1.82, 2.24) is 18.4 Å². The van der Waals surface area contributed by atoms with Crippen molar-refractivity contribution in [2.24, 2.45) is 0 Å². The lowest BCUT2D eigenvalue weighted by molar-refractivity contribution is -0.200. The molecule has 2 atom stereocenters. The number of halogens is 9. The van der Waals surface area contributed by atoms with Crippen LogP contribution in [0.2, 0.25) is 0 Å². The number of carbonyl (C=O) groups is 2. The molecule has 2 unspecified atom stereocenters. The lowest BCUT2D eigenvalue weighted by atomic mass is 10.1. The molecule has 310 valence electrons. The van der Waals surface area contributed by atoms with Gasteiger partial charge >= 0.3 is 30.7 Å². The van der Waals surface area contributed by atoms with E-state index in [2.05, 4.69) is 9.47 Å². The molecule has 2 saturated heterocycles. The minimum atomic E-state index is -4.73. The normalized spacial score (nSPS) is 17.8. The number of fused-ring (bicyclic) bond motifs is 1. The summed E-state index contributed by atoms with van der Waals surface area (Å²) < 4.78 is 175. The first kappa shape index (κ1) is 44.4. The van der Waals surface area contributed by atoms with Crippen LogP contribution in [0.3, 0.4) is 0 Å². The van der Waals surface area contributed by atoms with Gasteiger partial charge in [-0.05, 0) is 55.0 Å². The molecule has 23 heteroatoms. The number of benzene rings is 3. The Kier molecular flexibility index (Phi) is 13.5. The molecule has 5 rings (SSSR count). The zero-order valence-corrected chi connectivity index (χ0v) is 31.1. The van der Waals surface area contributed by atoms with Crippen molar-refractivity contribution in [3.8, 4) is 0 Å². The Morgan fingerprint density at radius 2 is 0.964 bits per heavy atom. The number of amides is 2. The number of hydrogen-bond donors (Lipinski definition) is 0. The summed E-state index contributed by atoms with van der Waals surface area (Å²) in [5, 5.41) is 1.69. The van der Waals surface area contributed by atoms with E-state index >= 15 is 0 Å². The van der Waals surface area contributed by atoms with Gasteiger partial charge in [-0.3, -0.25) is 0 Å². The molecule has 0 N–H and O–H groups in total. The molecule has 2 amide bonds. The molecule has 2 aliphatic rings. The molecule has 0 saturated carbocycles.